The summed E-state index contributed by atoms with van der Waals surface area (Å²) in [4.78, 5) is 10.7. The number of halogens is 1. The van der Waals surface area contributed by atoms with Crippen molar-refractivity contribution in [2.24, 2.45) is 0 Å². The Morgan fingerprint density at radius 1 is 1.10 bits per heavy atom. The van der Waals surface area contributed by atoms with E-state index in [0.717, 1.165) is 0 Å². The van der Waals surface area contributed by atoms with E-state index in [0.29, 0.717) is 34.9 Å². The molecule has 7 heteroatoms. The van der Waals surface area contributed by atoms with Crippen LogP contribution in [0.3, 0.4) is 0 Å². The highest BCUT2D eigenvalue weighted by atomic mass is 79.9. The topological polar surface area (TPSA) is 70.8 Å². The van der Waals surface area contributed by atoms with Gasteiger partial charge >= 0.3 is 5.69 Å². The van der Waals surface area contributed by atoms with Gasteiger partial charge in [0.25, 0.3) is 0 Å². The Morgan fingerprint density at radius 3 is 2.43 bits per heavy atom. The molecule has 0 aromatic heterocycles. The number of hydrogen-bond donors (Lipinski definition) is 0. The molecule has 3 rings (SSSR count). The van der Waals surface area contributed by atoms with Gasteiger partial charge in [0.1, 0.15) is 19.0 Å². The van der Waals surface area contributed by atoms with E-state index in [1.807, 2.05) is 6.07 Å². The molecule has 0 saturated heterocycles. The quantitative estimate of drug-likeness (QED) is 0.619. The van der Waals surface area contributed by atoms with Gasteiger partial charge in [0.05, 0.1) is 15.5 Å². The minimum Gasteiger partial charge on any atom is -0.486 e. The molecule has 6 nitrogen and oxygen atoms in total. The average Bonchev–Trinajstić information content (AvgIpc) is 2.48. The highest BCUT2D eigenvalue weighted by Gasteiger charge is 2.24. The van der Waals surface area contributed by atoms with Crippen LogP contribution in [0.25, 0.3) is 0 Å². The van der Waals surface area contributed by atoms with Crippen molar-refractivity contribution in [3.8, 4) is 23.0 Å². The molecule has 0 unspecified atom stereocenters. The van der Waals surface area contributed by atoms with Crippen molar-refractivity contribution >= 4 is 21.6 Å². The van der Waals surface area contributed by atoms with Crippen LogP contribution in [0.4, 0.5) is 5.69 Å². The number of nitro benzene ring substituents is 1. The molecule has 2 aromatic carbocycles. The lowest BCUT2D eigenvalue weighted by atomic mass is 10.2. The molecule has 21 heavy (non-hydrogen) atoms. The predicted octanol–water partition coefficient (Wildman–Crippen LogP) is 3.92. The molecule has 1 aliphatic rings. The summed E-state index contributed by atoms with van der Waals surface area (Å²) in [6.07, 6.45) is 0. The SMILES string of the molecule is O=[N+]([O-])c1cc2c(cc1Oc1ccccc1Br)OCCO2. The fourth-order valence-electron chi connectivity index (χ4n) is 1.93. The number of hydrogen-bond acceptors (Lipinski definition) is 5. The van der Waals surface area contributed by atoms with Gasteiger partial charge in [-0.15, -0.1) is 0 Å². The van der Waals surface area contributed by atoms with Crippen LogP contribution in [-0.4, -0.2) is 18.1 Å². The Balaban J connectivity index is 2.04. The smallest absolute Gasteiger partial charge is 0.315 e. The zero-order valence-electron chi connectivity index (χ0n) is 10.7. The van der Waals surface area contributed by atoms with Gasteiger partial charge in [0.15, 0.2) is 11.5 Å². The molecule has 0 saturated carbocycles. The molecule has 0 atom stereocenters. The van der Waals surface area contributed by atoms with Crippen LogP contribution < -0.4 is 14.2 Å². The first-order valence-electron chi connectivity index (χ1n) is 6.15. The first-order valence-corrected chi connectivity index (χ1v) is 6.95. The van der Waals surface area contributed by atoms with Gasteiger partial charge in [-0.25, -0.2) is 0 Å². The largest absolute Gasteiger partial charge is 0.486 e. The number of nitro groups is 1. The minimum absolute atomic E-state index is 0.108. The molecule has 0 N–H and O–H groups in total. The molecule has 0 amide bonds. The van der Waals surface area contributed by atoms with Gasteiger partial charge in [-0.2, -0.15) is 0 Å². The fourth-order valence-corrected chi connectivity index (χ4v) is 2.30. The van der Waals surface area contributed by atoms with E-state index in [1.54, 1.807) is 18.2 Å². The van der Waals surface area contributed by atoms with Gasteiger partial charge in [-0.05, 0) is 28.1 Å². The molecule has 2 aromatic rings. The number of benzene rings is 2. The van der Waals surface area contributed by atoms with E-state index in [9.17, 15) is 10.1 Å². The van der Waals surface area contributed by atoms with Crippen molar-refractivity contribution in [3.63, 3.8) is 0 Å². The monoisotopic (exact) mass is 351 g/mol. The number of para-hydroxylation sites is 1. The Labute approximate surface area is 128 Å². The van der Waals surface area contributed by atoms with Crippen LogP contribution in [0.2, 0.25) is 0 Å². The molecule has 1 heterocycles. The zero-order chi connectivity index (χ0) is 14.8. The van der Waals surface area contributed by atoms with Crippen molar-refractivity contribution in [1.82, 2.24) is 0 Å². The van der Waals surface area contributed by atoms with Crippen molar-refractivity contribution in [3.05, 3.63) is 51.0 Å². The van der Waals surface area contributed by atoms with Gasteiger partial charge in [-0.3, -0.25) is 10.1 Å². The lowest BCUT2D eigenvalue weighted by molar-refractivity contribution is -0.385. The maximum absolute atomic E-state index is 11.2. The third kappa shape index (κ3) is 2.78. The highest BCUT2D eigenvalue weighted by Crippen LogP contribution is 2.43. The second kappa shape index (κ2) is 5.61. The average molecular weight is 352 g/mol. The van der Waals surface area contributed by atoms with Crippen LogP contribution >= 0.6 is 15.9 Å². The van der Waals surface area contributed by atoms with Gasteiger partial charge < -0.3 is 14.2 Å². The van der Waals surface area contributed by atoms with Crippen LogP contribution in [0.1, 0.15) is 0 Å². The Bertz CT molecular complexity index is 704. The molecule has 108 valence electrons. The van der Waals surface area contributed by atoms with E-state index in [1.165, 1.54) is 12.1 Å². The van der Waals surface area contributed by atoms with Crippen LogP contribution in [0.5, 0.6) is 23.0 Å². The third-order valence-corrected chi connectivity index (χ3v) is 3.53. The maximum Gasteiger partial charge on any atom is 0.315 e. The van der Waals surface area contributed by atoms with E-state index in [-0.39, 0.29) is 11.4 Å². The second-order valence-electron chi connectivity index (χ2n) is 4.25. The number of fused-ring (bicyclic) bond motifs is 1. The Hall–Kier alpha value is -2.28. The number of ether oxygens (including phenoxy) is 3. The van der Waals surface area contributed by atoms with Gasteiger partial charge in [0.2, 0.25) is 5.75 Å². The number of rotatable bonds is 3. The minimum atomic E-state index is -0.510. The standard InChI is InChI=1S/C14H10BrNO5/c15-9-3-1-2-4-11(9)21-12-8-14-13(19-5-6-20-14)7-10(12)16(17)18/h1-4,7-8H,5-6H2. The van der Waals surface area contributed by atoms with Crippen LogP contribution in [0.15, 0.2) is 40.9 Å². The Morgan fingerprint density at radius 2 is 1.76 bits per heavy atom. The zero-order valence-corrected chi connectivity index (χ0v) is 12.3. The summed E-state index contributed by atoms with van der Waals surface area (Å²) in [5.74, 6) is 1.38. The maximum atomic E-state index is 11.2. The van der Waals surface area contributed by atoms with Crippen molar-refractivity contribution in [2.45, 2.75) is 0 Å². The summed E-state index contributed by atoms with van der Waals surface area (Å²) in [5, 5.41) is 11.2. The van der Waals surface area contributed by atoms with Crippen molar-refractivity contribution in [1.29, 1.82) is 0 Å². The molecule has 1 aliphatic heterocycles. The molecule has 0 spiro atoms. The molecule has 0 aliphatic carbocycles. The molecule has 0 fully saturated rings. The molecule has 0 bridgehead atoms. The summed E-state index contributed by atoms with van der Waals surface area (Å²) in [6, 6.07) is 9.91. The molecular formula is C14H10BrNO5. The lowest BCUT2D eigenvalue weighted by Gasteiger charge is -2.19. The van der Waals surface area contributed by atoms with Gasteiger partial charge in [0, 0.05) is 6.07 Å². The summed E-state index contributed by atoms with van der Waals surface area (Å²) >= 11 is 3.34. The van der Waals surface area contributed by atoms with E-state index in [4.69, 9.17) is 14.2 Å². The van der Waals surface area contributed by atoms with E-state index in [2.05, 4.69) is 15.9 Å². The Kier molecular flexibility index (Phi) is 3.66. The van der Waals surface area contributed by atoms with Crippen molar-refractivity contribution in [2.75, 3.05) is 13.2 Å². The highest BCUT2D eigenvalue weighted by molar-refractivity contribution is 9.10. The van der Waals surface area contributed by atoms with Crippen LogP contribution in [0, 0.1) is 10.1 Å². The predicted molar refractivity (Wildman–Crippen MR) is 78.3 cm³/mol. The fraction of sp³-hybridized carbons (Fsp3) is 0.143. The first kappa shape index (κ1) is 13.7. The van der Waals surface area contributed by atoms with Crippen molar-refractivity contribution < 1.29 is 19.1 Å². The van der Waals surface area contributed by atoms with E-state index < -0.39 is 4.92 Å². The first-order chi connectivity index (χ1) is 10.1. The molecular weight excluding hydrogens is 342 g/mol. The number of nitrogens with zero attached hydrogens (tertiary/aromatic N) is 1. The van der Waals surface area contributed by atoms with E-state index >= 15 is 0 Å². The third-order valence-electron chi connectivity index (χ3n) is 2.88. The summed E-state index contributed by atoms with van der Waals surface area (Å²) in [5.41, 5.74) is -0.171. The van der Waals surface area contributed by atoms with Gasteiger partial charge in [-0.1, -0.05) is 12.1 Å². The summed E-state index contributed by atoms with van der Waals surface area (Å²) in [7, 11) is 0. The summed E-state index contributed by atoms with van der Waals surface area (Å²) < 4.78 is 17.1. The normalized spacial score (nSPS) is 12.8. The second-order valence-corrected chi connectivity index (χ2v) is 5.11. The van der Waals surface area contributed by atoms with Crippen LogP contribution in [-0.2, 0) is 0 Å². The lowest BCUT2D eigenvalue weighted by Crippen LogP contribution is -2.15. The summed E-state index contributed by atoms with van der Waals surface area (Å²) in [6.45, 7) is 0.772. The molecule has 0 radical (unpaired) electrons.